The Kier molecular flexibility index (Phi) is 2.89. The number of nitrogens with zero attached hydrogens (tertiary/aromatic N) is 1. The molecule has 0 saturated heterocycles. The molecule has 0 spiro atoms. The largest absolute Gasteiger partial charge is 0.253 e. The van der Waals surface area contributed by atoms with Gasteiger partial charge in [-0.15, -0.1) is 0 Å². The fraction of sp³-hybridized carbons (Fsp3) is 0. The number of hydrogen-bond donors (Lipinski definition) is 0. The SMILES string of the molecule is Fc1ccccc1-c1ncc(Cl)cc1Cl. The molecule has 0 radical (unpaired) electrons. The third kappa shape index (κ3) is 2.11. The molecule has 2 rings (SSSR count). The molecule has 15 heavy (non-hydrogen) atoms. The number of hydrogen-bond acceptors (Lipinski definition) is 1. The van der Waals surface area contributed by atoms with E-state index < -0.39 is 0 Å². The van der Waals surface area contributed by atoms with Gasteiger partial charge in [0.25, 0.3) is 0 Å². The zero-order valence-electron chi connectivity index (χ0n) is 7.55. The van der Waals surface area contributed by atoms with Crippen LogP contribution < -0.4 is 0 Å². The van der Waals surface area contributed by atoms with Crippen LogP contribution >= 0.6 is 23.2 Å². The van der Waals surface area contributed by atoms with Crippen molar-refractivity contribution in [1.82, 2.24) is 4.98 Å². The maximum Gasteiger partial charge on any atom is 0.132 e. The predicted molar refractivity (Wildman–Crippen MR) is 59.7 cm³/mol. The Labute approximate surface area is 96.5 Å². The van der Waals surface area contributed by atoms with Crippen LogP contribution in [0.3, 0.4) is 0 Å². The summed E-state index contributed by atoms with van der Waals surface area (Å²) in [5.74, 6) is -0.353. The minimum atomic E-state index is -0.353. The summed E-state index contributed by atoms with van der Waals surface area (Å²) in [6, 6.07) is 7.87. The van der Waals surface area contributed by atoms with Crippen LogP contribution in [0.4, 0.5) is 4.39 Å². The molecule has 1 nitrogen and oxygen atoms in total. The standard InChI is InChI=1S/C11H6Cl2FN/c12-7-5-9(13)11(15-6-7)8-3-1-2-4-10(8)14/h1-6H. The van der Waals surface area contributed by atoms with Crippen LogP contribution in [0, 0.1) is 5.82 Å². The molecular weight excluding hydrogens is 236 g/mol. The van der Waals surface area contributed by atoms with Crippen molar-refractivity contribution in [3.8, 4) is 11.3 Å². The Hall–Kier alpha value is -1.12. The lowest BCUT2D eigenvalue weighted by atomic mass is 10.1. The van der Waals surface area contributed by atoms with Gasteiger partial charge in [-0.05, 0) is 18.2 Å². The van der Waals surface area contributed by atoms with Crippen LogP contribution in [0.5, 0.6) is 0 Å². The van der Waals surface area contributed by atoms with Crippen LogP contribution in [0.1, 0.15) is 0 Å². The normalized spacial score (nSPS) is 10.3. The number of halogens is 3. The van der Waals surface area contributed by atoms with E-state index in [0.29, 0.717) is 21.3 Å². The first-order valence-corrected chi connectivity index (χ1v) is 5.00. The Morgan fingerprint density at radius 1 is 1.13 bits per heavy atom. The van der Waals surface area contributed by atoms with Crippen molar-refractivity contribution in [3.05, 3.63) is 52.4 Å². The molecule has 0 amide bonds. The Morgan fingerprint density at radius 3 is 2.53 bits per heavy atom. The maximum absolute atomic E-state index is 13.4. The van der Waals surface area contributed by atoms with Crippen molar-refractivity contribution in [2.75, 3.05) is 0 Å². The summed E-state index contributed by atoms with van der Waals surface area (Å²) >= 11 is 11.6. The first-order valence-electron chi connectivity index (χ1n) is 4.24. The van der Waals surface area contributed by atoms with Gasteiger partial charge in [0.05, 0.1) is 15.7 Å². The van der Waals surface area contributed by atoms with Crippen LogP contribution in [0.25, 0.3) is 11.3 Å². The van der Waals surface area contributed by atoms with Gasteiger partial charge in [-0.1, -0.05) is 35.3 Å². The maximum atomic E-state index is 13.4. The molecule has 76 valence electrons. The van der Waals surface area contributed by atoms with Crippen molar-refractivity contribution in [1.29, 1.82) is 0 Å². The second-order valence-corrected chi connectivity index (χ2v) is 3.81. The van der Waals surface area contributed by atoms with E-state index in [1.54, 1.807) is 18.2 Å². The zero-order chi connectivity index (χ0) is 10.8. The lowest BCUT2D eigenvalue weighted by molar-refractivity contribution is 0.631. The molecule has 0 aliphatic heterocycles. The molecule has 0 bridgehead atoms. The van der Waals surface area contributed by atoms with Crippen molar-refractivity contribution in [2.24, 2.45) is 0 Å². The minimum absolute atomic E-state index is 0.340. The number of benzene rings is 1. The van der Waals surface area contributed by atoms with E-state index in [4.69, 9.17) is 23.2 Å². The number of rotatable bonds is 1. The fourth-order valence-electron chi connectivity index (χ4n) is 1.27. The van der Waals surface area contributed by atoms with Gasteiger partial charge in [-0.3, -0.25) is 4.98 Å². The fourth-order valence-corrected chi connectivity index (χ4v) is 1.75. The summed E-state index contributed by atoms with van der Waals surface area (Å²) in [6.07, 6.45) is 1.44. The monoisotopic (exact) mass is 241 g/mol. The van der Waals surface area contributed by atoms with Gasteiger partial charge in [-0.25, -0.2) is 4.39 Å². The first-order chi connectivity index (χ1) is 7.18. The van der Waals surface area contributed by atoms with E-state index in [0.717, 1.165) is 0 Å². The van der Waals surface area contributed by atoms with E-state index in [-0.39, 0.29) is 5.82 Å². The highest BCUT2D eigenvalue weighted by Gasteiger charge is 2.09. The quantitative estimate of drug-likeness (QED) is 0.730. The van der Waals surface area contributed by atoms with Crippen molar-refractivity contribution >= 4 is 23.2 Å². The van der Waals surface area contributed by atoms with Crippen LogP contribution in [-0.2, 0) is 0 Å². The molecule has 1 aromatic carbocycles. The molecule has 4 heteroatoms. The number of pyridine rings is 1. The molecule has 2 aromatic rings. The molecule has 0 aliphatic rings. The summed E-state index contributed by atoms with van der Waals surface area (Å²) in [7, 11) is 0. The summed E-state index contributed by atoms with van der Waals surface area (Å²) in [5, 5.41) is 0.771. The Morgan fingerprint density at radius 2 is 1.87 bits per heavy atom. The smallest absolute Gasteiger partial charge is 0.132 e. The van der Waals surface area contributed by atoms with E-state index in [1.165, 1.54) is 18.3 Å². The molecule has 0 fully saturated rings. The molecule has 1 aromatic heterocycles. The van der Waals surface area contributed by atoms with E-state index in [2.05, 4.69) is 4.98 Å². The van der Waals surface area contributed by atoms with Gasteiger partial charge in [0.15, 0.2) is 0 Å². The first kappa shape index (κ1) is 10.4. The van der Waals surface area contributed by atoms with Crippen molar-refractivity contribution in [3.63, 3.8) is 0 Å². The highest BCUT2D eigenvalue weighted by atomic mass is 35.5. The van der Waals surface area contributed by atoms with E-state index >= 15 is 0 Å². The molecule has 0 aliphatic carbocycles. The van der Waals surface area contributed by atoms with E-state index in [1.807, 2.05) is 0 Å². The average Bonchev–Trinajstić information content (AvgIpc) is 2.20. The minimum Gasteiger partial charge on any atom is -0.253 e. The Bertz CT molecular complexity index is 500. The van der Waals surface area contributed by atoms with Gasteiger partial charge >= 0.3 is 0 Å². The molecular formula is C11H6Cl2FN. The highest BCUT2D eigenvalue weighted by molar-refractivity contribution is 6.36. The van der Waals surface area contributed by atoms with Gasteiger partial charge in [0, 0.05) is 11.8 Å². The van der Waals surface area contributed by atoms with E-state index in [9.17, 15) is 4.39 Å². The second-order valence-electron chi connectivity index (χ2n) is 2.96. The van der Waals surface area contributed by atoms with Gasteiger partial charge in [0.1, 0.15) is 5.82 Å². The topological polar surface area (TPSA) is 12.9 Å². The third-order valence-electron chi connectivity index (χ3n) is 1.94. The average molecular weight is 242 g/mol. The second kappa shape index (κ2) is 4.17. The zero-order valence-corrected chi connectivity index (χ0v) is 9.06. The molecule has 1 heterocycles. The third-order valence-corrected chi connectivity index (χ3v) is 2.43. The summed E-state index contributed by atoms with van der Waals surface area (Å²) in [6.45, 7) is 0. The molecule has 0 atom stereocenters. The highest BCUT2D eigenvalue weighted by Crippen LogP contribution is 2.29. The molecule has 0 N–H and O–H groups in total. The Balaban J connectivity index is 2.60. The van der Waals surface area contributed by atoms with Crippen molar-refractivity contribution in [2.45, 2.75) is 0 Å². The van der Waals surface area contributed by atoms with Gasteiger partial charge in [0.2, 0.25) is 0 Å². The van der Waals surface area contributed by atoms with Crippen molar-refractivity contribution < 1.29 is 4.39 Å². The summed E-state index contributed by atoms with van der Waals surface area (Å²) in [4.78, 5) is 4.00. The van der Waals surface area contributed by atoms with Crippen LogP contribution in [0.15, 0.2) is 36.5 Å². The van der Waals surface area contributed by atoms with Crippen LogP contribution in [0.2, 0.25) is 10.0 Å². The lowest BCUT2D eigenvalue weighted by Crippen LogP contribution is -1.88. The summed E-state index contributed by atoms with van der Waals surface area (Å²) in [5.41, 5.74) is 0.776. The lowest BCUT2D eigenvalue weighted by Gasteiger charge is -2.04. The number of aromatic nitrogens is 1. The van der Waals surface area contributed by atoms with Gasteiger partial charge < -0.3 is 0 Å². The van der Waals surface area contributed by atoms with Crippen LogP contribution in [-0.4, -0.2) is 4.98 Å². The predicted octanol–water partition coefficient (Wildman–Crippen LogP) is 4.19. The summed E-state index contributed by atoms with van der Waals surface area (Å²) < 4.78 is 13.4. The molecule has 0 saturated carbocycles. The van der Waals surface area contributed by atoms with Gasteiger partial charge in [-0.2, -0.15) is 0 Å². The molecule has 0 unspecified atom stereocenters.